The molecule has 29 heavy (non-hydrogen) atoms. The summed E-state index contributed by atoms with van der Waals surface area (Å²) in [6.45, 7) is 0. The van der Waals surface area contributed by atoms with E-state index in [9.17, 15) is 12.8 Å². The van der Waals surface area contributed by atoms with Crippen LogP contribution in [0.1, 0.15) is 0 Å². The molecule has 6 heteroatoms. The number of hydrogen-bond acceptors (Lipinski definition) is 2. The maximum atomic E-state index is 13.5. The molecule has 3 nitrogen and oxygen atoms in total. The summed E-state index contributed by atoms with van der Waals surface area (Å²) in [5.41, 5.74) is 4.14. The van der Waals surface area contributed by atoms with Gasteiger partial charge in [0.15, 0.2) is 0 Å². The molecule has 0 bridgehead atoms. The first-order valence-electron chi connectivity index (χ1n) is 8.98. The van der Waals surface area contributed by atoms with Crippen LogP contribution in [0.15, 0.2) is 82.6 Å². The van der Waals surface area contributed by atoms with Gasteiger partial charge in [-0.2, -0.15) is 0 Å². The van der Waals surface area contributed by atoms with Crippen LogP contribution in [-0.2, 0) is 16.9 Å². The highest BCUT2D eigenvalue weighted by molar-refractivity contribution is 7.92. The number of sulfone groups is 1. The molecule has 2 heterocycles. The van der Waals surface area contributed by atoms with Crippen molar-refractivity contribution in [2.24, 2.45) is 7.05 Å². The largest absolute Gasteiger partial charge is 0.342 e. The van der Waals surface area contributed by atoms with Crippen molar-refractivity contribution in [3.63, 3.8) is 0 Å². The van der Waals surface area contributed by atoms with Gasteiger partial charge in [0, 0.05) is 23.2 Å². The Bertz CT molecular complexity index is 1370. The average Bonchev–Trinajstić information content (AvgIpc) is 3.14. The number of benzene rings is 3. The van der Waals surface area contributed by atoms with Gasteiger partial charge in [-0.3, -0.25) is 0 Å². The summed E-state index contributed by atoms with van der Waals surface area (Å²) in [7, 11) is -1.87. The molecule has 5 rings (SSSR count). The predicted molar refractivity (Wildman–Crippen MR) is 112 cm³/mol. The van der Waals surface area contributed by atoms with Crippen molar-refractivity contribution >= 4 is 21.4 Å². The van der Waals surface area contributed by atoms with E-state index in [1.165, 1.54) is 12.1 Å². The van der Waals surface area contributed by atoms with Crippen LogP contribution in [0.25, 0.3) is 33.6 Å². The van der Waals surface area contributed by atoms with E-state index < -0.39 is 9.84 Å². The second kappa shape index (κ2) is 6.31. The number of fused-ring (bicyclic) bond motifs is 3. The van der Waals surface area contributed by atoms with Crippen LogP contribution in [0.4, 0.5) is 4.39 Å². The Morgan fingerprint density at radius 2 is 1.41 bits per heavy atom. The summed E-state index contributed by atoms with van der Waals surface area (Å²) in [6, 6.07) is 20.2. The Balaban J connectivity index is 1.93. The van der Waals surface area contributed by atoms with Gasteiger partial charge in [0.2, 0.25) is 9.84 Å². The predicted octanol–water partition coefficient (Wildman–Crippen LogP) is 5.96. The zero-order chi connectivity index (χ0) is 20.3. The lowest BCUT2D eigenvalue weighted by molar-refractivity contribution is 0.598. The normalized spacial score (nSPS) is 13.9. The minimum Gasteiger partial charge on any atom is -0.342 e. The number of aromatic nitrogens is 1. The second-order valence-corrected chi connectivity index (χ2v) is 9.27. The van der Waals surface area contributed by atoms with Crippen LogP contribution >= 0.6 is 11.6 Å². The van der Waals surface area contributed by atoms with Gasteiger partial charge in [-0.15, -0.1) is 0 Å². The summed E-state index contributed by atoms with van der Waals surface area (Å²) >= 11 is 6.04. The van der Waals surface area contributed by atoms with Crippen molar-refractivity contribution < 1.29 is 12.8 Å². The van der Waals surface area contributed by atoms with Gasteiger partial charge in [0.25, 0.3) is 0 Å². The van der Waals surface area contributed by atoms with E-state index in [2.05, 4.69) is 0 Å². The van der Waals surface area contributed by atoms with Gasteiger partial charge in [-0.25, -0.2) is 12.8 Å². The molecule has 1 aliphatic heterocycles. The molecule has 0 radical (unpaired) electrons. The summed E-state index contributed by atoms with van der Waals surface area (Å²) in [6.07, 6.45) is 0. The van der Waals surface area contributed by atoms with Crippen LogP contribution in [0, 0.1) is 5.82 Å². The highest BCUT2D eigenvalue weighted by Crippen LogP contribution is 2.53. The molecule has 0 aliphatic carbocycles. The van der Waals surface area contributed by atoms with Gasteiger partial charge >= 0.3 is 0 Å². The molecule has 0 spiro atoms. The molecule has 1 aromatic heterocycles. The third-order valence-electron chi connectivity index (χ3n) is 5.30. The van der Waals surface area contributed by atoms with Crippen LogP contribution in [0.3, 0.4) is 0 Å². The molecule has 144 valence electrons. The Morgan fingerprint density at radius 1 is 0.828 bits per heavy atom. The highest BCUT2D eigenvalue weighted by atomic mass is 35.5. The fraction of sp³-hybridized carbons (Fsp3) is 0.0435. The Labute approximate surface area is 172 Å². The first-order chi connectivity index (χ1) is 13.9. The van der Waals surface area contributed by atoms with E-state index >= 15 is 0 Å². The Kier molecular flexibility index (Phi) is 3.95. The monoisotopic (exact) mass is 423 g/mol. The third kappa shape index (κ3) is 2.58. The van der Waals surface area contributed by atoms with Crippen molar-refractivity contribution in [1.29, 1.82) is 0 Å². The number of nitrogens with zero attached hydrogens (tertiary/aromatic N) is 1. The maximum Gasteiger partial charge on any atom is 0.209 e. The standard InChI is InChI=1S/C23H15ClFNO2S/c1-26-21(14-8-12-17(25)13-9-14)20-18-4-2-3-5-19(18)29(27,28)23(20)22(26)15-6-10-16(24)11-7-15/h2-13H,1H3. The first-order valence-corrected chi connectivity index (χ1v) is 10.8. The van der Waals surface area contributed by atoms with Crippen LogP contribution < -0.4 is 0 Å². The van der Waals surface area contributed by atoms with E-state index in [0.29, 0.717) is 26.7 Å². The quantitative estimate of drug-likeness (QED) is 0.351. The molecule has 4 aromatic rings. The summed E-state index contributed by atoms with van der Waals surface area (Å²) in [5.74, 6) is -0.342. The summed E-state index contributed by atoms with van der Waals surface area (Å²) < 4.78 is 42.4. The molecule has 1 aliphatic rings. The second-order valence-electron chi connectivity index (χ2n) is 6.97. The minimum absolute atomic E-state index is 0.280. The molecule has 0 N–H and O–H groups in total. The molecule has 0 saturated carbocycles. The smallest absolute Gasteiger partial charge is 0.209 e. The molecule has 0 amide bonds. The van der Waals surface area contributed by atoms with Crippen molar-refractivity contribution in [3.8, 4) is 33.6 Å². The molecular formula is C23H15ClFNO2S. The number of halogens is 2. The summed E-state index contributed by atoms with van der Waals surface area (Å²) in [5, 5.41) is 0.574. The lowest BCUT2D eigenvalue weighted by atomic mass is 10.0. The first kappa shape index (κ1) is 18.2. The molecule has 0 fully saturated rings. The fourth-order valence-electron chi connectivity index (χ4n) is 4.06. The van der Waals surface area contributed by atoms with Gasteiger partial charge < -0.3 is 4.57 Å². The number of hydrogen-bond donors (Lipinski definition) is 0. The van der Waals surface area contributed by atoms with Crippen molar-refractivity contribution in [2.75, 3.05) is 0 Å². The minimum atomic E-state index is -3.70. The molecule has 0 saturated heterocycles. The average molecular weight is 424 g/mol. The highest BCUT2D eigenvalue weighted by Gasteiger charge is 2.40. The van der Waals surface area contributed by atoms with Crippen LogP contribution in [-0.4, -0.2) is 13.0 Å². The van der Waals surface area contributed by atoms with E-state index in [4.69, 9.17) is 11.6 Å². The molecular weight excluding hydrogens is 409 g/mol. The van der Waals surface area contributed by atoms with Crippen molar-refractivity contribution in [1.82, 2.24) is 4.57 Å². The zero-order valence-electron chi connectivity index (χ0n) is 15.4. The molecule has 3 aromatic carbocycles. The fourth-order valence-corrected chi connectivity index (χ4v) is 6.11. The molecule has 0 atom stereocenters. The SMILES string of the molecule is Cn1c(-c2ccc(F)cc2)c2c(c1-c1ccc(Cl)cc1)S(=O)(=O)c1ccccc1-2. The van der Waals surface area contributed by atoms with Crippen LogP contribution in [0.5, 0.6) is 0 Å². The maximum absolute atomic E-state index is 13.5. The van der Waals surface area contributed by atoms with E-state index in [-0.39, 0.29) is 10.7 Å². The third-order valence-corrected chi connectivity index (χ3v) is 7.42. The van der Waals surface area contributed by atoms with Gasteiger partial charge in [-0.1, -0.05) is 41.9 Å². The molecule has 0 unspecified atom stereocenters. The van der Waals surface area contributed by atoms with Crippen molar-refractivity contribution in [3.05, 3.63) is 83.6 Å². The lowest BCUT2D eigenvalue weighted by Gasteiger charge is -2.12. The topological polar surface area (TPSA) is 39.1 Å². The van der Waals surface area contributed by atoms with E-state index in [1.807, 2.05) is 35.9 Å². The van der Waals surface area contributed by atoms with E-state index in [0.717, 1.165) is 16.8 Å². The Morgan fingerprint density at radius 3 is 2.10 bits per heavy atom. The van der Waals surface area contributed by atoms with E-state index in [1.54, 1.807) is 36.4 Å². The van der Waals surface area contributed by atoms with Gasteiger partial charge in [0.05, 0.1) is 16.3 Å². The van der Waals surface area contributed by atoms with Crippen molar-refractivity contribution in [2.45, 2.75) is 9.79 Å². The van der Waals surface area contributed by atoms with Crippen LogP contribution in [0.2, 0.25) is 5.02 Å². The lowest BCUT2D eigenvalue weighted by Crippen LogP contribution is -2.02. The van der Waals surface area contributed by atoms with Gasteiger partial charge in [-0.05, 0) is 53.6 Å². The summed E-state index contributed by atoms with van der Waals surface area (Å²) in [4.78, 5) is 0.576. The zero-order valence-corrected chi connectivity index (χ0v) is 16.9. The van der Waals surface area contributed by atoms with Gasteiger partial charge in [0.1, 0.15) is 10.7 Å². The Hall–Kier alpha value is -2.89. The number of rotatable bonds is 2.